The standard InChI is InChI=1S/C11H25NO2/c1-6-11(3,4)12(5)8-10(13)9-14-7-2/h10,13H,6-9H2,1-5H3. The van der Waals surface area contributed by atoms with Gasteiger partial charge in [0.05, 0.1) is 12.7 Å². The Labute approximate surface area is 88.1 Å². The van der Waals surface area contributed by atoms with Crippen LogP contribution in [0.4, 0.5) is 0 Å². The van der Waals surface area contributed by atoms with Gasteiger partial charge in [0.2, 0.25) is 0 Å². The van der Waals surface area contributed by atoms with Gasteiger partial charge in [0.1, 0.15) is 0 Å². The largest absolute Gasteiger partial charge is 0.389 e. The molecule has 0 aromatic rings. The second-order valence-electron chi connectivity index (χ2n) is 4.36. The Morgan fingerprint density at radius 3 is 2.36 bits per heavy atom. The Balaban J connectivity index is 3.86. The third-order valence-corrected chi connectivity index (χ3v) is 2.90. The Hall–Kier alpha value is -0.120. The number of hydrogen-bond acceptors (Lipinski definition) is 3. The van der Waals surface area contributed by atoms with Gasteiger partial charge in [0, 0.05) is 18.7 Å². The minimum Gasteiger partial charge on any atom is -0.389 e. The molecule has 86 valence electrons. The second kappa shape index (κ2) is 6.38. The fourth-order valence-electron chi connectivity index (χ4n) is 1.14. The summed E-state index contributed by atoms with van der Waals surface area (Å²) in [6.07, 6.45) is 0.691. The van der Waals surface area contributed by atoms with E-state index in [1.807, 2.05) is 14.0 Å². The lowest BCUT2D eigenvalue weighted by Gasteiger charge is -2.36. The maximum atomic E-state index is 9.64. The number of aliphatic hydroxyl groups is 1. The summed E-state index contributed by atoms with van der Waals surface area (Å²) in [6.45, 7) is 10.2. The lowest BCUT2D eigenvalue weighted by Crippen LogP contribution is -2.45. The minimum absolute atomic E-state index is 0.146. The van der Waals surface area contributed by atoms with Crippen molar-refractivity contribution in [3.8, 4) is 0 Å². The molecular formula is C11H25NO2. The Bertz CT molecular complexity index is 148. The van der Waals surface area contributed by atoms with Crippen molar-refractivity contribution in [2.75, 3.05) is 26.8 Å². The number of rotatable bonds is 7. The van der Waals surface area contributed by atoms with E-state index in [1.54, 1.807) is 0 Å². The van der Waals surface area contributed by atoms with Crippen LogP contribution in [0.2, 0.25) is 0 Å². The molecule has 0 aromatic heterocycles. The average molecular weight is 203 g/mol. The summed E-state index contributed by atoms with van der Waals surface area (Å²) in [7, 11) is 2.04. The van der Waals surface area contributed by atoms with Gasteiger partial charge in [0.25, 0.3) is 0 Å². The van der Waals surface area contributed by atoms with Crippen LogP contribution in [0.15, 0.2) is 0 Å². The molecule has 1 unspecified atom stereocenters. The molecule has 0 saturated carbocycles. The van der Waals surface area contributed by atoms with Crippen LogP contribution in [-0.4, -0.2) is 48.5 Å². The number of aliphatic hydroxyl groups excluding tert-OH is 1. The first kappa shape index (κ1) is 13.9. The van der Waals surface area contributed by atoms with E-state index < -0.39 is 0 Å². The average Bonchev–Trinajstić information content (AvgIpc) is 2.14. The number of hydrogen-bond donors (Lipinski definition) is 1. The maximum absolute atomic E-state index is 9.64. The predicted molar refractivity (Wildman–Crippen MR) is 59.5 cm³/mol. The van der Waals surface area contributed by atoms with Gasteiger partial charge < -0.3 is 9.84 Å². The Kier molecular flexibility index (Phi) is 6.33. The maximum Gasteiger partial charge on any atom is 0.0900 e. The highest BCUT2D eigenvalue weighted by atomic mass is 16.5. The summed E-state index contributed by atoms with van der Waals surface area (Å²) in [5.41, 5.74) is 0.146. The van der Waals surface area contributed by atoms with Gasteiger partial charge in [-0.2, -0.15) is 0 Å². The molecular weight excluding hydrogens is 178 g/mol. The van der Waals surface area contributed by atoms with Crippen molar-refractivity contribution in [3.63, 3.8) is 0 Å². The smallest absolute Gasteiger partial charge is 0.0900 e. The molecule has 0 spiro atoms. The summed E-state index contributed by atoms with van der Waals surface area (Å²) in [5.74, 6) is 0. The monoisotopic (exact) mass is 203 g/mol. The summed E-state index contributed by atoms with van der Waals surface area (Å²) in [4.78, 5) is 2.18. The van der Waals surface area contributed by atoms with Gasteiger partial charge >= 0.3 is 0 Å². The molecule has 1 N–H and O–H groups in total. The Morgan fingerprint density at radius 1 is 1.36 bits per heavy atom. The van der Waals surface area contributed by atoms with Crippen LogP contribution in [0.25, 0.3) is 0 Å². The summed E-state index contributed by atoms with van der Waals surface area (Å²) in [5, 5.41) is 9.64. The lowest BCUT2D eigenvalue weighted by molar-refractivity contribution is 0.00615. The van der Waals surface area contributed by atoms with Crippen molar-refractivity contribution in [1.82, 2.24) is 4.90 Å². The highest BCUT2D eigenvalue weighted by Gasteiger charge is 2.22. The van der Waals surface area contributed by atoms with Gasteiger partial charge in [0.15, 0.2) is 0 Å². The molecule has 0 bridgehead atoms. The zero-order valence-corrected chi connectivity index (χ0v) is 10.2. The predicted octanol–water partition coefficient (Wildman–Crippen LogP) is 1.50. The zero-order chi connectivity index (χ0) is 11.2. The van der Waals surface area contributed by atoms with E-state index in [1.165, 1.54) is 0 Å². The molecule has 0 aliphatic heterocycles. The second-order valence-corrected chi connectivity index (χ2v) is 4.36. The quantitative estimate of drug-likeness (QED) is 0.680. The third-order valence-electron chi connectivity index (χ3n) is 2.90. The fourth-order valence-corrected chi connectivity index (χ4v) is 1.14. The number of nitrogens with zero attached hydrogens (tertiary/aromatic N) is 1. The summed E-state index contributed by atoms with van der Waals surface area (Å²) >= 11 is 0. The molecule has 0 aliphatic carbocycles. The van der Waals surface area contributed by atoms with Gasteiger partial charge in [-0.3, -0.25) is 4.90 Å². The van der Waals surface area contributed by atoms with Crippen LogP contribution >= 0.6 is 0 Å². The first-order chi connectivity index (χ1) is 6.44. The van der Waals surface area contributed by atoms with Crippen LogP contribution < -0.4 is 0 Å². The van der Waals surface area contributed by atoms with Gasteiger partial charge in [-0.25, -0.2) is 0 Å². The summed E-state index contributed by atoms with van der Waals surface area (Å²) in [6, 6.07) is 0. The molecule has 3 heteroatoms. The van der Waals surface area contributed by atoms with E-state index in [-0.39, 0.29) is 11.6 Å². The highest BCUT2D eigenvalue weighted by Crippen LogP contribution is 2.16. The molecule has 3 nitrogen and oxygen atoms in total. The molecule has 0 aliphatic rings. The molecule has 0 amide bonds. The van der Waals surface area contributed by atoms with E-state index in [0.29, 0.717) is 19.8 Å². The van der Waals surface area contributed by atoms with Crippen molar-refractivity contribution in [2.45, 2.75) is 45.8 Å². The van der Waals surface area contributed by atoms with E-state index in [4.69, 9.17) is 4.74 Å². The molecule has 0 aromatic carbocycles. The molecule has 0 fully saturated rings. The van der Waals surface area contributed by atoms with Crippen LogP contribution in [0.3, 0.4) is 0 Å². The van der Waals surface area contributed by atoms with Crippen LogP contribution in [0.1, 0.15) is 34.1 Å². The topological polar surface area (TPSA) is 32.7 Å². The number of likely N-dealkylation sites (N-methyl/N-ethyl adjacent to an activating group) is 1. The van der Waals surface area contributed by atoms with Crippen LogP contribution in [-0.2, 0) is 4.74 Å². The molecule has 0 heterocycles. The van der Waals surface area contributed by atoms with Crippen molar-refractivity contribution in [3.05, 3.63) is 0 Å². The number of β-amino-alcohol motifs (C(OH)–C–C–N with tert-alkyl or cyclic N) is 1. The van der Waals surface area contributed by atoms with E-state index in [2.05, 4.69) is 25.7 Å². The van der Waals surface area contributed by atoms with Crippen molar-refractivity contribution >= 4 is 0 Å². The van der Waals surface area contributed by atoms with Crippen LogP contribution in [0.5, 0.6) is 0 Å². The normalized spacial score (nSPS) is 14.8. The third kappa shape index (κ3) is 4.94. The van der Waals surface area contributed by atoms with E-state index >= 15 is 0 Å². The van der Waals surface area contributed by atoms with E-state index in [0.717, 1.165) is 6.42 Å². The van der Waals surface area contributed by atoms with Gasteiger partial charge in [-0.1, -0.05) is 6.92 Å². The van der Waals surface area contributed by atoms with Crippen molar-refractivity contribution < 1.29 is 9.84 Å². The molecule has 0 saturated heterocycles. The molecule has 1 atom stereocenters. The minimum atomic E-state index is -0.384. The molecule has 0 radical (unpaired) electrons. The lowest BCUT2D eigenvalue weighted by atomic mass is 10.00. The van der Waals surface area contributed by atoms with E-state index in [9.17, 15) is 5.11 Å². The van der Waals surface area contributed by atoms with Crippen molar-refractivity contribution in [1.29, 1.82) is 0 Å². The first-order valence-corrected chi connectivity index (χ1v) is 5.41. The summed E-state index contributed by atoms with van der Waals surface area (Å²) < 4.78 is 5.17. The van der Waals surface area contributed by atoms with Gasteiger partial charge in [-0.05, 0) is 34.2 Å². The SMILES string of the molecule is CCOCC(O)CN(C)C(C)(C)CC. The fraction of sp³-hybridized carbons (Fsp3) is 1.00. The highest BCUT2D eigenvalue weighted by molar-refractivity contribution is 4.78. The molecule has 0 rings (SSSR count). The number of ether oxygens (including phenoxy) is 1. The molecule has 14 heavy (non-hydrogen) atoms. The van der Waals surface area contributed by atoms with Crippen molar-refractivity contribution in [2.24, 2.45) is 0 Å². The first-order valence-electron chi connectivity index (χ1n) is 5.41. The zero-order valence-electron chi connectivity index (χ0n) is 10.2. The van der Waals surface area contributed by atoms with Gasteiger partial charge in [-0.15, -0.1) is 0 Å². The van der Waals surface area contributed by atoms with Crippen LogP contribution in [0, 0.1) is 0 Å². The Morgan fingerprint density at radius 2 is 1.93 bits per heavy atom.